The van der Waals surface area contributed by atoms with Crippen molar-refractivity contribution in [3.8, 4) is 23.2 Å². The third-order valence-electron chi connectivity index (χ3n) is 5.09. The predicted octanol–water partition coefficient (Wildman–Crippen LogP) is 3.47. The van der Waals surface area contributed by atoms with E-state index in [0.717, 1.165) is 30.7 Å². The van der Waals surface area contributed by atoms with Gasteiger partial charge in [-0.25, -0.2) is 0 Å². The summed E-state index contributed by atoms with van der Waals surface area (Å²) in [7, 11) is 1.62. The maximum atomic E-state index is 12.7. The topological polar surface area (TPSA) is 104 Å². The Labute approximate surface area is 174 Å². The molecular formula is C22H21N5O3. The summed E-state index contributed by atoms with van der Waals surface area (Å²) >= 11 is 0. The van der Waals surface area contributed by atoms with E-state index in [0.29, 0.717) is 29.6 Å². The molecule has 1 fully saturated rings. The lowest BCUT2D eigenvalue weighted by molar-refractivity contribution is -0.120. The van der Waals surface area contributed by atoms with Crippen molar-refractivity contribution >= 4 is 17.6 Å². The minimum atomic E-state index is -0.208. The fraction of sp³-hybridized carbons (Fsp3) is 0.273. The van der Waals surface area contributed by atoms with Crippen molar-refractivity contribution in [1.29, 1.82) is 5.26 Å². The third kappa shape index (κ3) is 4.25. The molecule has 4 rings (SSSR count). The molecule has 0 saturated carbocycles. The SMILES string of the molecule is COc1ccc(-c2noc(N3CCC[C@@H](C(=O)Nc4cccc(C#N)c4)C3)n2)cc1. The van der Waals surface area contributed by atoms with Crippen LogP contribution in [-0.4, -0.2) is 36.2 Å². The number of rotatable bonds is 5. The quantitative estimate of drug-likeness (QED) is 0.695. The number of carbonyl (C=O) groups is 1. The van der Waals surface area contributed by atoms with Crippen LogP contribution >= 0.6 is 0 Å². The van der Waals surface area contributed by atoms with Crippen molar-refractivity contribution in [3.63, 3.8) is 0 Å². The van der Waals surface area contributed by atoms with E-state index in [2.05, 4.69) is 21.5 Å². The molecule has 3 aromatic rings. The first-order valence-corrected chi connectivity index (χ1v) is 9.70. The highest BCUT2D eigenvalue weighted by molar-refractivity contribution is 5.93. The van der Waals surface area contributed by atoms with E-state index in [4.69, 9.17) is 14.5 Å². The number of ether oxygens (including phenoxy) is 1. The Hall–Kier alpha value is -3.86. The second-order valence-electron chi connectivity index (χ2n) is 7.10. The van der Waals surface area contributed by atoms with Crippen LogP contribution in [0.25, 0.3) is 11.4 Å². The van der Waals surface area contributed by atoms with Crippen LogP contribution < -0.4 is 15.0 Å². The first kappa shape index (κ1) is 19.5. The minimum Gasteiger partial charge on any atom is -0.497 e. The van der Waals surface area contributed by atoms with Gasteiger partial charge in [0.2, 0.25) is 11.7 Å². The molecule has 152 valence electrons. The largest absolute Gasteiger partial charge is 0.497 e. The number of piperidine rings is 1. The van der Waals surface area contributed by atoms with Gasteiger partial charge in [-0.1, -0.05) is 11.2 Å². The van der Waals surface area contributed by atoms with Crippen LogP contribution in [0.1, 0.15) is 18.4 Å². The molecule has 0 bridgehead atoms. The highest BCUT2D eigenvalue weighted by Crippen LogP contribution is 2.26. The number of hydrogen-bond acceptors (Lipinski definition) is 7. The van der Waals surface area contributed by atoms with Crippen LogP contribution in [0, 0.1) is 17.2 Å². The number of aromatic nitrogens is 2. The maximum absolute atomic E-state index is 12.7. The fourth-order valence-electron chi connectivity index (χ4n) is 3.48. The van der Waals surface area contributed by atoms with Crippen molar-refractivity contribution in [3.05, 3.63) is 54.1 Å². The molecule has 1 saturated heterocycles. The number of nitriles is 1. The number of benzene rings is 2. The number of amides is 1. The Balaban J connectivity index is 1.43. The van der Waals surface area contributed by atoms with Crippen molar-refractivity contribution in [2.75, 3.05) is 30.4 Å². The minimum absolute atomic E-state index is 0.0790. The van der Waals surface area contributed by atoms with Gasteiger partial charge in [-0.3, -0.25) is 4.79 Å². The Morgan fingerprint density at radius 2 is 2.13 bits per heavy atom. The zero-order valence-electron chi connectivity index (χ0n) is 16.5. The zero-order chi connectivity index (χ0) is 20.9. The van der Waals surface area contributed by atoms with Crippen LogP contribution in [0.3, 0.4) is 0 Å². The highest BCUT2D eigenvalue weighted by Gasteiger charge is 2.28. The normalized spacial score (nSPS) is 16.0. The standard InChI is InChI=1S/C22H21N5O3/c1-29-19-9-7-16(8-10-19)20-25-22(30-26-20)27-11-3-5-17(14-27)21(28)24-18-6-2-4-15(12-18)13-23/h2,4,6-10,12,17H,3,5,11,14H2,1H3,(H,24,28)/t17-/m1/s1. The Bertz CT molecular complexity index is 1070. The van der Waals surface area contributed by atoms with Gasteiger partial charge in [-0.2, -0.15) is 10.2 Å². The van der Waals surface area contributed by atoms with Gasteiger partial charge >= 0.3 is 6.01 Å². The highest BCUT2D eigenvalue weighted by atomic mass is 16.5. The Morgan fingerprint density at radius 1 is 1.30 bits per heavy atom. The van der Waals surface area contributed by atoms with Crippen molar-refractivity contribution in [2.45, 2.75) is 12.8 Å². The number of anilines is 2. The van der Waals surface area contributed by atoms with Gasteiger partial charge in [0.1, 0.15) is 5.75 Å². The summed E-state index contributed by atoms with van der Waals surface area (Å²) in [6.07, 6.45) is 1.62. The second kappa shape index (κ2) is 8.66. The van der Waals surface area contributed by atoms with E-state index >= 15 is 0 Å². The number of carbonyl (C=O) groups excluding carboxylic acids is 1. The summed E-state index contributed by atoms with van der Waals surface area (Å²) in [6.45, 7) is 1.24. The third-order valence-corrected chi connectivity index (χ3v) is 5.09. The molecular weight excluding hydrogens is 382 g/mol. The molecule has 1 aliphatic heterocycles. The molecule has 0 aliphatic carbocycles. The summed E-state index contributed by atoms with van der Waals surface area (Å²) in [5, 5.41) is 16.0. The first-order chi connectivity index (χ1) is 14.7. The Morgan fingerprint density at radius 3 is 2.90 bits per heavy atom. The van der Waals surface area contributed by atoms with Crippen molar-refractivity contribution < 1.29 is 14.1 Å². The molecule has 1 aromatic heterocycles. The molecule has 1 aliphatic rings. The van der Waals surface area contributed by atoms with Crippen LogP contribution in [0.2, 0.25) is 0 Å². The lowest BCUT2D eigenvalue weighted by Crippen LogP contribution is -2.41. The molecule has 0 spiro atoms. The smallest absolute Gasteiger partial charge is 0.324 e. The summed E-state index contributed by atoms with van der Waals surface area (Å²) in [4.78, 5) is 19.2. The molecule has 0 unspecified atom stereocenters. The number of methoxy groups -OCH3 is 1. The lowest BCUT2D eigenvalue weighted by atomic mass is 9.97. The molecule has 8 nitrogen and oxygen atoms in total. The maximum Gasteiger partial charge on any atom is 0.324 e. The first-order valence-electron chi connectivity index (χ1n) is 9.70. The average Bonchev–Trinajstić information content (AvgIpc) is 3.30. The van der Waals surface area contributed by atoms with Crippen LogP contribution in [0.4, 0.5) is 11.7 Å². The van der Waals surface area contributed by atoms with Gasteiger partial charge in [-0.05, 0) is 55.3 Å². The van der Waals surface area contributed by atoms with E-state index < -0.39 is 0 Å². The van der Waals surface area contributed by atoms with Gasteiger partial charge in [0.25, 0.3) is 0 Å². The number of nitrogens with one attached hydrogen (secondary N) is 1. The predicted molar refractivity (Wildman–Crippen MR) is 111 cm³/mol. The number of hydrogen-bond donors (Lipinski definition) is 1. The second-order valence-corrected chi connectivity index (χ2v) is 7.10. The van der Waals surface area contributed by atoms with E-state index in [9.17, 15) is 4.79 Å². The summed E-state index contributed by atoms with van der Waals surface area (Å²) < 4.78 is 10.6. The van der Waals surface area contributed by atoms with Crippen LogP contribution in [0.15, 0.2) is 53.1 Å². The molecule has 1 amide bonds. The van der Waals surface area contributed by atoms with Crippen LogP contribution in [0.5, 0.6) is 5.75 Å². The number of nitrogens with zero attached hydrogens (tertiary/aromatic N) is 4. The fourth-order valence-corrected chi connectivity index (χ4v) is 3.48. The molecule has 2 heterocycles. The molecule has 8 heteroatoms. The van der Waals surface area contributed by atoms with E-state index in [1.165, 1.54) is 0 Å². The summed E-state index contributed by atoms with van der Waals surface area (Å²) in [5.41, 5.74) is 1.96. The molecule has 0 radical (unpaired) electrons. The van der Waals surface area contributed by atoms with E-state index in [1.54, 1.807) is 31.4 Å². The summed E-state index contributed by atoms with van der Waals surface area (Å²) in [5.74, 6) is 0.964. The lowest BCUT2D eigenvalue weighted by Gasteiger charge is -2.30. The van der Waals surface area contributed by atoms with Gasteiger partial charge < -0.3 is 19.5 Å². The average molecular weight is 403 g/mol. The van der Waals surface area contributed by atoms with Gasteiger partial charge in [0.05, 0.1) is 24.7 Å². The molecule has 2 aromatic carbocycles. The monoisotopic (exact) mass is 403 g/mol. The van der Waals surface area contributed by atoms with Gasteiger partial charge in [0.15, 0.2) is 0 Å². The van der Waals surface area contributed by atoms with E-state index in [-0.39, 0.29) is 11.8 Å². The molecule has 1 atom stereocenters. The van der Waals surface area contributed by atoms with Crippen molar-refractivity contribution in [2.24, 2.45) is 5.92 Å². The Kier molecular flexibility index (Phi) is 5.61. The van der Waals surface area contributed by atoms with Gasteiger partial charge in [0, 0.05) is 24.3 Å². The van der Waals surface area contributed by atoms with Crippen molar-refractivity contribution in [1.82, 2.24) is 10.1 Å². The van der Waals surface area contributed by atoms with Gasteiger partial charge in [-0.15, -0.1) is 0 Å². The summed E-state index contributed by atoms with van der Waals surface area (Å²) in [6, 6.07) is 16.8. The molecule has 1 N–H and O–H groups in total. The molecule has 30 heavy (non-hydrogen) atoms. The van der Waals surface area contributed by atoms with Crippen LogP contribution in [-0.2, 0) is 4.79 Å². The zero-order valence-corrected chi connectivity index (χ0v) is 16.5. The van der Waals surface area contributed by atoms with E-state index in [1.807, 2.05) is 29.2 Å².